The molecule has 92 valence electrons. The fourth-order valence-corrected chi connectivity index (χ4v) is 4.82. The number of hydrogen-bond acceptors (Lipinski definition) is 2. The molecule has 4 unspecified atom stereocenters. The molecular weight excluding hydrogens is 232 g/mol. The minimum absolute atomic E-state index is 0.115. The van der Waals surface area contributed by atoms with Crippen molar-refractivity contribution in [1.29, 1.82) is 0 Å². The molecule has 1 amide bonds. The van der Waals surface area contributed by atoms with Gasteiger partial charge in [-0.25, -0.2) is 0 Å². The topological polar surface area (TPSA) is 55.1 Å². The Balaban J connectivity index is 1.44. The summed E-state index contributed by atoms with van der Waals surface area (Å²) in [4.78, 5) is 12.6. The lowest BCUT2D eigenvalue weighted by molar-refractivity contribution is -0.124. The van der Waals surface area contributed by atoms with Crippen LogP contribution in [0.2, 0.25) is 0 Å². The monoisotopic (exact) mass is 250 g/mol. The van der Waals surface area contributed by atoms with E-state index < -0.39 is 5.41 Å². The second-order valence-corrected chi connectivity index (χ2v) is 6.87. The third kappa shape index (κ3) is 1.22. The highest BCUT2D eigenvalue weighted by Gasteiger charge is 2.66. The van der Waals surface area contributed by atoms with Crippen LogP contribution in [-0.2, 0) is 4.79 Å². The zero-order chi connectivity index (χ0) is 11.8. The highest BCUT2D eigenvalue weighted by molar-refractivity contribution is 7.80. The Morgan fingerprint density at radius 2 is 1.82 bits per heavy atom. The SMILES string of the molecule is NC(=S)C1(C(=O)NC2C3C4CCC(C4)C23)CC1. The van der Waals surface area contributed by atoms with E-state index in [1.165, 1.54) is 19.3 Å². The molecule has 4 aliphatic rings. The lowest BCUT2D eigenvalue weighted by Crippen LogP contribution is -2.42. The van der Waals surface area contributed by atoms with Crippen LogP contribution in [0, 0.1) is 29.1 Å². The molecule has 4 rings (SSSR count). The predicted molar refractivity (Wildman–Crippen MR) is 68.2 cm³/mol. The number of hydrogen-bond donors (Lipinski definition) is 2. The maximum atomic E-state index is 12.2. The van der Waals surface area contributed by atoms with Gasteiger partial charge in [-0.3, -0.25) is 4.79 Å². The smallest absolute Gasteiger partial charge is 0.233 e. The van der Waals surface area contributed by atoms with Crippen LogP contribution >= 0.6 is 12.2 Å². The van der Waals surface area contributed by atoms with Crippen molar-refractivity contribution in [2.75, 3.05) is 0 Å². The maximum absolute atomic E-state index is 12.2. The van der Waals surface area contributed by atoms with Gasteiger partial charge in [0, 0.05) is 6.04 Å². The first-order valence-corrected chi connectivity index (χ1v) is 7.15. The highest BCUT2D eigenvalue weighted by atomic mass is 32.1. The van der Waals surface area contributed by atoms with Gasteiger partial charge in [0.25, 0.3) is 0 Å². The van der Waals surface area contributed by atoms with Crippen molar-refractivity contribution in [1.82, 2.24) is 5.32 Å². The van der Waals surface area contributed by atoms with Gasteiger partial charge in [0.1, 0.15) is 0 Å². The molecule has 3 nitrogen and oxygen atoms in total. The van der Waals surface area contributed by atoms with Crippen molar-refractivity contribution < 1.29 is 4.79 Å². The van der Waals surface area contributed by atoms with Crippen LogP contribution in [0.4, 0.5) is 0 Å². The van der Waals surface area contributed by atoms with Gasteiger partial charge in [-0.1, -0.05) is 12.2 Å². The van der Waals surface area contributed by atoms with Gasteiger partial charge >= 0.3 is 0 Å². The van der Waals surface area contributed by atoms with Crippen molar-refractivity contribution in [3.8, 4) is 0 Å². The summed E-state index contributed by atoms with van der Waals surface area (Å²) < 4.78 is 0. The van der Waals surface area contributed by atoms with E-state index in [0.717, 1.165) is 36.5 Å². The van der Waals surface area contributed by atoms with Crippen LogP contribution in [0.25, 0.3) is 0 Å². The third-order valence-electron chi connectivity index (χ3n) is 5.69. The molecule has 0 radical (unpaired) electrons. The fourth-order valence-electron chi connectivity index (χ4n) is 4.52. The largest absolute Gasteiger partial charge is 0.392 e. The average molecular weight is 250 g/mol. The van der Waals surface area contributed by atoms with E-state index in [1.54, 1.807) is 0 Å². The molecule has 2 bridgehead atoms. The zero-order valence-electron chi connectivity index (χ0n) is 9.82. The Hall–Kier alpha value is -0.640. The quantitative estimate of drug-likeness (QED) is 0.740. The van der Waals surface area contributed by atoms with E-state index in [1.807, 2.05) is 0 Å². The first-order chi connectivity index (χ1) is 8.13. The number of thiocarbonyl (C=S) groups is 1. The molecule has 0 aliphatic heterocycles. The van der Waals surface area contributed by atoms with Gasteiger partial charge in [0.05, 0.1) is 10.4 Å². The summed E-state index contributed by atoms with van der Waals surface area (Å²) >= 11 is 5.02. The minimum Gasteiger partial charge on any atom is -0.392 e. The first kappa shape index (κ1) is 10.3. The van der Waals surface area contributed by atoms with E-state index >= 15 is 0 Å². The molecule has 4 atom stereocenters. The van der Waals surface area contributed by atoms with E-state index in [0.29, 0.717) is 11.0 Å². The number of carbonyl (C=O) groups excluding carboxylic acids is 1. The lowest BCUT2D eigenvalue weighted by atomic mass is 10.0. The number of amides is 1. The summed E-state index contributed by atoms with van der Waals surface area (Å²) in [6.07, 6.45) is 5.89. The molecule has 0 spiro atoms. The summed E-state index contributed by atoms with van der Waals surface area (Å²) in [5.74, 6) is 3.49. The van der Waals surface area contributed by atoms with E-state index in [9.17, 15) is 4.79 Å². The number of rotatable bonds is 3. The molecular formula is C13H18N2OS. The van der Waals surface area contributed by atoms with Crippen LogP contribution < -0.4 is 11.1 Å². The van der Waals surface area contributed by atoms with Crippen molar-refractivity contribution in [3.63, 3.8) is 0 Å². The molecule has 4 aliphatic carbocycles. The standard InChI is InChI=1S/C13H18N2OS/c14-11(17)13(3-4-13)12(16)15-10-8-6-1-2-7(5-6)9(8)10/h6-10H,1-5H2,(H2,14,17)(H,15,16). The van der Waals surface area contributed by atoms with Crippen LogP contribution in [0.3, 0.4) is 0 Å². The highest BCUT2D eigenvalue weighted by Crippen LogP contribution is 2.65. The number of nitrogens with two attached hydrogens (primary N) is 1. The molecule has 0 aromatic carbocycles. The Bertz CT molecular complexity index is 402. The first-order valence-electron chi connectivity index (χ1n) is 6.74. The maximum Gasteiger partial charge on any atom is 0.233 e. The van der Waals surface area contributed by atoms with Crippen molar-refractivity contribution in [2.45, 2.75) is 38.1 Å². The van der Waals surface area contributed by atoms with Crippen molar-refractivity contribution in [2.24, 2.45) is 34.8 Å². The summed E-state index contributed by atoms with van der Waals surface area (Å²) in [5.41, 5.74) is 5.22. The Labute approximate surface area is 107 Å². The lowest BCUT2D eigenvalue weighted by Gasteiger charge is -2.16. The molecule has 4 saturated carbocycles. The predicted octanol–water partition coefficient (Wildman–Crippen LogP) is 1.21. The molecule has 17 heavy (non-hydrogen) atoms. The van der Waals surface area contributed by atoms with Crippen molar-refractivity contribution >= 4 is 23.1 Å². The zero-order valence-corrected chi connectivity index (χ0v) is 10.6. The number of carbonyl (C=O) groups is 1. The summed E-state index contributed by atoms with van der Waals surface area (Å²) in [7, 11) is 0. The van der Waals surface area contributed by atoms with Crippen LogP contribution in [-0.4, -0.2) is 16.9 Å². The number of fused-ring (bicyclic) bond motifs is 5. The van der Waals surface area contributed by atoms with E-state index in [4.69, 9.17) is 18.0 Å². The fraction of sp³-hybridized carbons (Fsp3) is 0.846. The van der Waals surface area contributed by atoms with E-state index in [2.05, 4.69) is 5.32 Å². The van der Waals surface area contributed by atoms with Gasteiger partial charge in [-0.2, -0.15) is 0 Å². The molecule has 0 saturated heterocycles. The van der Waals surface area contributed by atoms with Gasteiger partial charge < -0.3 is 11.1 Å². The Kier molecular flexibility index (Phi) is 1.83. The van der Waals surface area contributed by atoms with Gasteiger partial charge in [-0.15, -0.1) is 0 Å². The summed E-state index contributed by atoms with van der Waals surface area (Å²) in [6.45, 7) is 0. The van der Waals surface area contributed by atoms with Gasteiger partial charge in [0.2, 0.25) is 5.91 Å². The Morgan fingerprint density at radius 1 is 1.24 bits per heavy atom. The van der Waals surface area contributed by atoms with Crippen LogP contribution in [0.15, 0.2) is 0 Å². The normalized spacial score (nSPS) is 47.4. The van der Waals surface area contributed by atoms with Crippen molar-refractivity contribution in [3.05, 3.63) is 0 Å². The van der Waals surface area contributed by atoms with Crippen LogP contribution in [0.1, 0.15) is 32.1 Å². The second-order valence-electron chi connectivity index (χ2n) is 6.43. The second kappa shape index (κ2) is 3.02. The molecule has 3 N–H and O–H groups in total. The van der Waals surface area contributed by atoms with Crippen LogP contribution in [0.5, 0.6) is 0 Å². The molecule has 0 heterocycles. The van der Waals surface area contributed by atoms with Gasteiger partial charge in [-0.05, 0) is 55.8 Å². The molecule has 4 fully saturated rings. The molecule has 4 heteroatoms. The summed E-state index contributed by atoms with van der Waals surface area (Å²) in [5, 5.41) is 3.23. The average Bonchev–Trinajstić information content (AvgIpc) is 3.16. The summed E-state index contributed by atoms with van der Waals surface area (Å²) in [6, 6.07) is 0.459. The minimum atomic E-state index is -0.467. The number of nitrogens with one attached hydrogen (secondary N) is 1. The molecule has 0 aromatic heterocycles. The Morgan fingerprint density at radius 3 is 2.29 bits per heavy atom. The third-order valence-corrected chi connectivity index (χ3v) is 6.08. The van der Waals surface area contributed by atoms with E-state index in [-0.39, 0.29) is 5.91 Å². The van der Waals surface area contributed by atoms with Gasteiger partial charge in [0.15, 0.2) is 0 Å². The molecule has 0 aromatic rings.